The van der Waals surface area contributed by atoms with Crippen LogP contribution in [0.4, 0.5) is 0 Å². The van der Waals surface area contributed by atoms with Crippen LogP contribution in [0, 0.1) is 27.0 Å². The van der Waals surface area contributed by atoms with Crippen molar-refractivity contribution in [3.05, 3.63) is 95.7 Å². The van der Waals surface area contributed by atoms with Gasteiger partial charge in [0.15, 0.2) is 0 Å². The number of rotatable bonds is 3. The van der Waals surface area contributed by atoms with E-state index in [1.165, 1.54) is 40.1 Å². The molecule has 0 atom stereocenters. The Morgan fingerprint density at radius 2 is 1.71 bits per heavy atom. The molecule has 5 nitrogen and oxygen atoms in total. The summed E-state index contributed by atoms with van der Waals surface area (Å²) in [7, 11) is 1.97. The first-order chi connectivity index (χ1) is 14.3. The van der Waals surface area contributed by atoms with Gasteiger partial charge >= 0.3 is 5.97 Å². The first kappa shape index (κ1) is 24.2. The summed E-state index contributed by atoms with van der Waals surface area (Å²) in [6, 6.07) is 15.5. The Kier molecular flexibility index (Phi) is 8.46. The molecule has 6 heteroatoms. The van der Waals surface area contributed by atoms with Gasteiger partial charge in [-0.15, -0.1) is 11.8 Å². The van der Waals surface area contributed by atoms with Crippen LogP contribution in [-0.2, 0) is 28.1 Å². The molecule has 162 valence electrons. The number of pyridine rings is 2. The van der Waals surface area contributed by atoms with Gasteiger partial charge in [0.05, 0.1) is 0 Å². The number of carboxylic acid groups (broad SMARTS) is 1. The summed E-state index contributed by atoms with van der Waals surface area (Å²) in [4.78, 5) is 18.3. The van der Waals surface area contributed by atoms with Crippen molar-refractivity contribution in [1.29, 1.82) is 0 Å². The van der Waals surface area contributed by atoms with Gasteiger partial charge in [-0.1, -0.05) is 42.1 Å². The molecule has 0 aliphatic heterocycles. The number of aromatic carboxylic acids is 1. The van der Waals surface area contributed by atoms with Crippen LogP contribution in [0.25, 0.3) is 22.4 Å². The zero-order valence-electron chi connectivity index (χ0n) is 17.9. The number of nitrogens with zero attached hydrogens (tertiary/aromatic N) is 3. The monoisotopic (exact) mass is 593 g/mol. The standard InChI is InChI=1S/C19H19N2.C6H5NO2.Pt/c1-13-9-14(2)19(15(3)10-13)16-5-6-18(20-11-16)17-7-8-21(4)12-17;8-6(9)5-3-1-2-4-7-5;/h5-11H,1-4H3;1-4H,(H,8,9);/q-1;;. The van der Waals surface area contributed by atoms with Crippen molar-refractivity contribution in [3.8, 4) is 22.4 Å². The molecule has 3 heterocycles. The Balaban J connectivity index is 0.000000289. The molecule has 0 spiro atoms. The Bertz CT molecular complexity index is 1130. The smallest absolute Gasteiger partial charge is 0.354 e. The fourth-order valence-corrected chi connectivity index (χ4v) is 3.42. The summed E-state index contributed by atoms with van der Waals surface area (Å²) in [6.07, 6.45) is 8.63. The van der Waals surface area contributed by atoms with E-state index in [1.54, 1.807) is 12.1 Å². The van der Waals surface area contributed by atoms with Crippen molar-refractivity contribution < 1.29 is 31.0 Å². The van der Waals surface area contributed by atoms with Gasteiger partial charge in [0.2, 0.25) is 0 Å². The minimum Gasteiger partial charge on any atom is -0.477 e. The number of benzene rings is 1. The Labute approximate surface area is 197 Å². The minimum atomic E-state index is -0.990. The molecule has 0 saturated carbocycles. The van der Waals surface area contributed by atoms with E-state index in [0.717, 1.165) is 11.3 Å². The Hall–Kier alpha value is -3.04. The van der Waals surface area contributed by atoms with Gasteiger partial charge in [-0.25, -0.2) is 9.78 Å². The largest absolute Gasteiger partial charge is 0.477 e. The summed E-state index contributed by atoms with van der Waals surface area (Å²) in [5.41, 5.74) is 8.43. The molecule has 0 amide bonds. The molecule has 31 heavy (non-hydrogen) atoms. The van der Waals surface area contributed by atoms with Gasteiger partial charge in [0.25, 0.3) is 0 Å². The fourth-order valence-electron chi connectivity index (χ4n) is 3.42. The summed E-state index contributed by atoms with van der Waals surface area (Å²) in [5, 5.41) is 8.32. The van der Waals surface area contributed by atoms with E-state index in [9.17, 15) is 4.79 Å². The first-order valence-corrected chi connectivity index (χ1v) is 9.59. The van der Waals surface area contributed by atoms with Crippen LogP contribution in [0.1, 0.15) is 27.2 Å². The molecule has 3 aromatic heterocycles. The van der Waals surface area contributed by atoms with E-state index in [1.807, 2.05) is 30.1 Å². The maximum atomic E-state index is 10.1. The third kappa shape index (κ3) is 6.22. The SMILES string of the molecule is Cc1cc(C)c(-c2ccc(-c3[c-]n(C)cc3)nc2)c(C)c1.O=C(O)c1ccccn1.[Pt]. The maximum absolute atomic E-state index is 10.1. The van der Waals surface area contributed by atoms with Gasteiger partial charge in [0.1, 0.15) is 5.69 Å². The van der Waals surface area contributed by atoms with E-state index < -0.39 is 5.97 Å². The molecular weight excluding hydrogens is 569 g/mol. The average Bonchev–Trinajstić information content (AvgIpc) is 3.15. The van der Waals surface area contributed by atoms with Gasteiger partial charge in [-0.2, -0.15) is 6.07 Å². The third-order valence-electron chi connectivity index (χ3n) is 4.65. The number of aryl methyl sites for hydroxylation is 4. The van der Waals surface area contributed by atoms with E-state index in [4.69, 9.17) is 5.11 Å². The third-order valence-corrected chi connectivity index (χ3v) is 4.65. The minimum absolute atomic E-state index is 0. The van der Waals surface area contributed by atoms with E-state index >= 15 is 0 Å². The van der Waals surface area contributed by atoms with Crippen LogP contribution >= 0.6 is 0 Å². The Morgan fingerprint density at radius 3 is 2.16 bits per heavy atom. The molecule has 0 aliphatic carbocycles. The molecule has 0 aliphatic rings. The fraction of sp³-hybridized carbons (Fsp3) is 0.160. The van der Waals surface area contributed by atoms with Crippen molar-refractivity contribution in [2.45, 2.75) is 20.8 Å². The molecule has 4 aromatic rings. The number of carbonyl (C=O) groups is 1. The van der Waals surface area contributed by atoms with Crippen molar-refractivity contribution in [2.24, 2.45) is 7.05 Å². The van der Waals surface area contributed by atoms with E-state index in [2.05, 4.69) is 61.2 Å². The second-order valence-corrected chi connectivity index (χ2v) is 7.18. The summed E-state index contributed by atoms with van der Waals surface area (Å²) >= 11 is 0. The molecule has 0 unspecified atom stereocenters. The van der Waals surface area contributed by atoms with Gasteiger partial charge < -0.3 is 14.7 Å². The second-order valence-electron chi connectivity index (χ2n) is 7.18. The van der Waals surface area contributed by atoms with Crippen molar-refractivity contribution in [2.75, 3.05) is 0 Å². The molecule has 0 bridgehead atoms. The van der Waals surface area contributed by atoms with Crippen LogP contribution < -0.4 is 0 Å². The molecule has 1 N–H and O–H groups in total. The number of hydrogen-bond acceptors (Lipinski definition) is 3. The van der Waals surface area contributed by atoms with Gasteiger partial charge in [-0.05, 0) is 67.9 Å². The number of aromatic nitrogens is 3. The predicted octanol–water partition coefficient (Wildman–Crippen LogP) is 5.26. The summed E-state index contributed by atoms with van der Waals surface area (Å²) < 4.78 is 1.92. The topological polar surface area (TPSA) is 68.0 Å². The van der Waals surface area contributed by atoms with E-state index in [-0.39, 0.29) is 26.8 Å². The van der Waals surface area contributed by atoms with Crippen LogP contribution in [0.3, 0.4) is 0 Å². The molecular formula is C25H24N3O2Pt-. The summed E-state index contributed by atoms with van der Waals surface area (Å²) in [6.45, 7) is 6.46. The van der Waals surface area contributed by atoms with Crippen molar-refractivity contribution in [3.63, 3.8) is 0 Å². The van der Waals surface area contributed by atoms with Crippen LogP contribution in [0.15, 0.2) is 67.1 Å². The second kappa shape index (κ2) is 10.8. The zero-order chi connectivity index (χ0) is 21.7. The van der Waals surface area contributed by atoms with Gasteiger partial charge in [-0.3, -0.25) is 0 Å². The molecule has 0 saturated heterocycles. The summed E-state index contributed by atoms with van der Waals surface area (Å²) in [5.74, 6) is -0.990. The van der Waals surface area contributed by atoms with Crippen molar-refractivity contribution in [1.82, 2.24) is 14.5 Å². The molecule has 4 rings (SSSR count). The van der Waals surface area contributed by atoms with E-state index in [0.29, 0.717) is 0 Å². The van der Waals surface area contributed by atoms with Crippen molar-refractivity contribution >= 4 is 5.97 Å². The Morgan fingerprint density at radius 1 is 1.00 bits per heavy atom. The number of carboxylic acids is 1. The quantitative estimate of drug-likeness (QED) is 0.330. The molecule has 0 radical (unpaired) electrons. The van der Waals surface area contributed by atoms with Crippen LogP contribution in [-0.4, -0.2) is 25.6 Å². The maximum Gasteiger partial charge on any atom is 0.354 e. The van der Waals surface area contributed by atoms with Crippen LogP contribution in [0.2, 0.25) is 0 Å². The number of hydrogen-bond donors (Lipinski definition) is 1. The van der Waals surface area contributed by atoms with Gasteiger partial charge in [0, 0.05) is 33.5 Å². The molecule has 1 aromatic carbocycles. The normalized spacial score (nSPS) is 9.94. The average molecular weight is 594 g/mol. The predicted molar refractivity (Wildman–Crippen MR) is 118 cm³/mol. The van der Waals surface area contributed by atoms with Crippen LogP contribution in [0.5, 0.6) is 0 Å². The molecule has 0 fully saturated rings. The first-order valence-electron chi connectivity index (χ1n) is 9.59. The zero-order valence-corrected chi connectivity index (χ0v) is 20.1.